The van der Waals surface area contributed by atoms with Crippen LogP contribution in [-0.4, -0.2) is 16.1 Å². The van der Waals surface area contributed by atoms with Crippen LogP contribution in [0.5, 0.6) is 0 Å². The number of aromatic nitrogens is 1. The van der Waals surface area contributed by atoms with Crippen molar-refractivity contribution in [2.45, 2.75) is 6.42 Å². The fourth-order valence-corrected chi connectivity index (χ4v) is 2.72. The van der Waals surface area contributed by atoms with Gasteiger partial charge in [-0.25, -0.2) is 9.78 Å². The Bertz CT molecular complexity index is 592. The Morgan fingerprint density at radius 1 is 1.44 bits per heavy atom. The molecule has 0 spiro atoms. The van der Waals surface area contributed by atoms with Crippen LogP contribution in [0.1, 0.15) is 5.01 Å². The molecular formula is C13H10BrNO2S. The van der Waals surface area contributed by atoms with E-state index in [9.17, 15) is 4.79 Å². The van der Waals surface area contributed by atoms with E-state index in [1.54, 1.807) is 6.08 Å². The first-order chi connectivity index (χ1) is 8.66. The molecule has 5 heteroatoms. The quantitative estimate of drug-likeness (QED) is 0.871. The molecule has 0 fully saturated rings. The molecule has 92 valence electrons. The number of carboxylic acids is 1. The summed E-state index contributed by atoms with van der Waals surface area (Å²) in [6, 6.07) is 7.88. The molecule has 1 aromatic carbocycles. The monoisotopic (exact) mass is 323 g/mol. The summed E-state index contributed by atoms with van der Waals surface area (Å²) >= 11 is 5.02. The van der Waals surface area contributed by atoms with Crippen molar-refractivity contribution in [3.05, 3.63) is 51.3 Å². The fraction of sp³-hybridized carbons (Fsp3) is 0.0769. The molecule has 0 saturated heterocycles. The van der Waals surface area contributed by atoms with Crippen molar-refractivity contribution < 1.29 is 9.90 Å². The summed E-state index contributed by atoms with van der Waals surface area (Å²) < 4.78 is 1.00. The van der Waals surface area contributed by atoms with Gasteiger partial charge >= 0.3 is 5.97 Å². The SMILES string of the molecule is O=C(O)/C=C/Cc1nc(-c2ccccc2Br)cs1. The zero-order chi connectivity index (χ0) is 13.0. The number of thiazole rings is 1. The van der Waals surface area contributed by atoms with Gasteiger partial charge in [0.05, 0.1) is 10.7 Å². The van der Waals surface area contributed by atoms with Gasteiger partial charge in [0.1, 0.15) is 0 Å². The van der Waals surface area contributed by atoms with Crippen LogP contribution in [0.2, 0.25) is 0 Å². The predicted molar refractivity (Wildman–Crippen MR) is 75.7 cm³/mol. The molecule has 0 atom stereocenters. The Morgan fingerprint density at radius 2 is 2.22 bits per heavy atom. The van der Waals surface area contributed by atoms with Crippen LogP contribution < -0.4 is 0 Å². The Balaban J connectivity index is 2.16. The number of halogens is 1. The van der Waals surface area contributed by atoms with Gasteiger partial charge in [-0.2, -0.15) is 0 Å². The van der Waals surface area contributed by atoms with Crippen molar-refractivity contribution in [3.63, 3.8) is 0 Å². The van der Waals surface area contributed by atoms with Crippen molar-refractivity contribution in [2.24, 2.45) is 0 Å². The van der Waals surface area contributed by atoms with E-state index in [-0.39, 0.29) is 0 Å². The highest BCUT2D eigenvalue weighted by Crippen LogP contribution is 2.28. The molecule has 0 aliphatic carbocycles. The minimum absolute atomic E-state index is 0.543. The van der Waals surface area contributed by atoms with Gasteiger partial charge in [-0.05, 0) is 6.07 Å². The van der Waals surface area contributed by atoms with E-state index in [4.69, 9.17) is 5.11 Å². The lowest BCUT2D eigenvalue weighted by Gasteiger charge is -1.98. The van der Waals surface area contributed by atoms with Crippen molar-refractivity contribution in [1.29, 1.82) is 0 Å². The smallest absolute Gasteiger partial charge is 0.327 e. The second-order valence-corrected chi connectivity index (χ2v) is 5.35. The number of hydrogen-bond acceptors (Lipinski definition) is 3. The maximum atomic E-state index is 10.4. The molecule has 3 nitrogen and oxygen atoms in total. The molecule has 2 rings (SSSR count). The largest absolute Gasteiger partial charge is 0.478 e. The molecule has 1 heterocycles. The molecule has 0 amide bonds. The number of aliphatic carboxylic acids is 1. The number of nitrogens with zero attached hydrogens (tertiary/aromatic N) is 1. The van der Waals surface area contributed by atoms with Crippen LogP contribution in [0.25, 0.3) is 11.3 Å². The van der Waals surface area contributed by atoms with E-state index in [0.717, 1.165) is 26.8 Å². The molecule has 0 unspecified atom stereocenters. The Kier molecular flexibility index (Phi) is 4.28. The second-order valence-electron chi connectivity index (χ2n) is 3.55. The highest BCUT2D eigenvalue weighted by atomic mass is 79.9. The molecule has 0 saturated carbocycles. The number of carboxylic acid groups (broad SMARTS) is 1. The maximum absolute atomic E-state index is 10.4. The van der Waals surface area contributed by atoms with Crippen LogP contribution in [0.4, 0.5) is 0 Å². The Morgan fingerprint density at radius 3 is 2.94 bits per heavy atom. The standard InChI is InChI=1S/C13H10BrNO2S/c14-10-5-2-1-4-9(10)11-8-18-12(15-11)6-3-7-13(16)17/h1-5,7-8H,6H2,(H,16,17)/b7-3+. The summed E-state index contributed by atoms with van der Waals surface area (Å²) in [5.74, 6) is -0.933. The lowest BCUT2D eigenvalue weighted by molar-refractivity contribution is -0.131. The number of carbonyl (C=O) groups is 1. The molecule has 0 aliphatic rings. The van der Waals surface area contributed by atoms with Crippen LogP contribution in [0.15, 0.2) is 46.3 Å². The van der Waals surface area contributed by atoms with E-state index < -0.39 is 5.97 Å². The van der Waals surface area contributed by atoms with Crippen LogP contribution in [0.3, 0.4) is 0 Å². The predicted octanol–water partition coefficient (Wildman–Crippen LogP) is 3.76. The number of hydrogen-bond donors (Lipinski definition) is 1. The third-order valence-electron chi connectivity index (χ3n) is 2.25. The lowest BCUT2D eigenvalue weighted by atomic mass is 10.2. The first kappa shape index (κ1) is 13.0. The Labute approximate surface area is 117 Å². The number of benzene rings is 1. The topological polar surface area (TPSA) is 50.2 Å². The molecule has 1 aromatic heterocycles. The fourth-order valence-electron chi connectivity index (χ4n) is 1.46. The van der Waals surface area contributed by atoms with Gasteiger partial charge in [0.2, 0.25) is 0 Å². The van der Waals surface area contributed by atoms with E-state index in [1.807, 2.05) is 29.6 Å². The summed E-state index contributed by atoms with van der Waals surface area (Å²) in [5, 5.41) is 11.4. The van der Waals surface area contributed by atoms with Crippen molar-refractivity contribution in [3.8, 4) is 11.3 Å². The first-order valence-electron chi connectivity index (χ1n) is 5.25. The third-order valence-corrected chi connectivity index (χ3v) is 3.82. The summed E-state index contributed by atoms with van der Waals surface area (Å²) in [5.41, 5.74) is 1.95. The minimum atomic E-state index is -0.933. The van der Waals surface area contributed by atoms with Gasteiger partial charge in [-0.3, -0.25) is 0 Å². The molecular weight excluding hydrogens is 314 g/mol. The maximum Gasteiger partial charge on any atom is 0.327 e. The van der Waals surface area contributed by atoms with Crippen LogP contribution in [-0.2, 0) is 11.2 Å². The molecule has 1 N–H and O–H groups in total. The van der Waals surface area contributed by atoms with Gasteiger partial charge in [-0.15, -0.1) is 11.3 Å². The summed E-state index contributed by atoms with van der Waals surface area (Å²) in [7, 11) is 0. The molecule has 0 radical (unpaired) electrons. The molecule has 0 aliphatic heterocycles. The van der Waals surface area contributed by atoms with Crippen LogP contribution in [0, 0.1) is 0 Å². The normalized spacial score (nSPS) is 10.9. The van der Waals surface area contributed by atoms with Gasteiger partial charge in [0, 0.05) is 27.9 Å². The van der Waals surface area contributed by atoms with Crippen LogP contribution >= 0.6 is 27.3 Å². The number of rotatable bonds is 4. The van der Waals surface area contributed by atoms with Gasteiger partial charge in [0.15, 0.2) is 0 Å². The van der Waals surface area contributed by atoms with E-state index in [1.165, 1.54) is 11.3 Å². The Hall–Kier alpha value is -1.46. The minimum Gasteiger partial charge on any atom is -0.478 e. The van der Waals surface area contributed by atoms with E-state index >= 15 is 0 Å². The van der Waals surface area contributed by atoms with Crippen molar-refractivity contribution >= 4 is 33.2 Å². The second kappa shape index (κ2) is 5.93. The summed E-state index contributed by atoms with van der Waals surface area (Å²) in [6.07, 6.45) is 3.28. The average Bonchev–Trinajstić information content (AvgIpc) is 2.78. The van der Waals surface area contributed by atoms with Crippen molar-refractivity contribution in [1.82, 2.24) is 4.98 Å². The molecule has 0 bridgehead atoms. The molecule has 2 aromatic rings. The first-order valence-corrected chi connectivity index (χ1v) is 6.93. The zero-order valence-electron chi connectivity index (χ0n) is 9.34. The number of allylic oxidation sites excluding steroid dienone is 1. The van der Waals surface area contributed by atoms with E-state index in [0.29, 0.717) is 6.42 Å². The average molecular weight is 324 g/mol. The molecule has 18 heavy (non-hydrogen) atoms. The highest BCUT2D eigenvalue weighted by Gasteiger charge is 2.06. The lowest BCUT2D eigenvalue weighted by Crippen LogP contribution is -1.87. The van der Waals surface area contributed by atoms with E-state index in [2.05, 4.69) is 20.9 Å². The summed E-state index contributed by atoms with van der Waals surface area (Å²) in [6.45, 7) is 0. The van der Waals surface area contributed by atoms with Gasteiger partial charge < -0.3 is 5.11 Å². The van der Waals surface area contributed by atoms with Gasteiger partial charge in [-0.1, -0.05) is 40.2 Å². The zero-order valence-corrected chi connectivity index (χ0v) is 11.7. The third kappa shape index (κ3) is 3.27. The highest BCUT2D eigenvalue weighted by molar-refractivity contribution is 9.10. The van der Waals surface area contributed by atoms with Gasteiger partial charge in [0.25, 0.3) is 0 Å². The summed E-state index contributed by atoms with van der Waals surface area (Å²) in [4.78, 5) is 14.8. The van der Waals surface area contributed by atoms with Crippen molar-refractivity contribution in [2.75, 3.05) is 0 Å².